The van der Waals surface area contributed by atoms with Crippen LogP contribution in [-0.4, -0.2) is 27.6 Å². The summed E-state index contributed by atoms with van der Waals surface area (Å²) in [4.78, 5) is 22.3. The van der Waals surface area contributed by atoms with E-state index in [9.17, 15) is 9.59 Å². The van der Waals surface area contributed by atoms with Crippen LogP contribution in [0.1, 0.15) is 37.6 Å². The van der Waals surface area contributed by atoms with Crippen molar-refractivity contribution in [2.45, 2.75) is 39.3 Å². The van der Waals surface area contributed by atoms with Gasteiger partial charge in [-0.3, -0.25) is 14.3 Å². The molecule has 0 aliphatic carbocycles. The number of nitrogens with zero attached hydrogens (tertiary/aromatic N) is 2. The fourth-order valence-corrected chi connectivity index (χ4v) is 1.99. The van der Waals surface area contributed by atoms with E-state index in [-0.39, 0.29) is 12.4 Å². The maximum atomic E-state index is 11.7. The highest BCUT2D eigenvalue weighted by Crippen LogP contribution is 2.19. The Kier molecular flexibility index (Phi) is 4.75. The van der Waals surface area contributed by atoms with E-state index in [4.69, 9.17) is 4.74 Å². The van der Waals surface area contributed by atoms with E-state index < -0.39 is 5.60 Å². The van der Waals surface area contributed by atoms with Gasteiger partial charge in [-0.1, -0.05) is 24.3 Å². The van der Waals surface area contributed by atoms with Gasteiger partial charge in [0, 0.05) is 17.3 Å². The van der Waals surface area contributed by atoms with Crippen molar-refractivity contribution >= 4 is 12.3 Å². The van der Waals surface area contributed by atoms with Gasteiger partial charge in [-0.15, -0.1) is 0 Å². The third kappa shape index (κ3) is 4.55. The molecule has 5 nitrogen and oxygen atoms in total. The molecular weight excluding hydrogens is 280 g/mol. The Morgan fingerprint density at radius 1 is 1.23 bits per heavy atom. The van der Waals surface area contributed by atoms with Gasteiger partial charge in [0.25, 0.3) is 0 Å². The number of carbonyl (C=O) groups excluding carboxylic acids is 2. The summed E-state index contributed by atoms with van der Waals surface area (Å²) in [5.41, 5.74) is 2.10. The second-order valence-electron chi connectivity index (χ2n) is 6.07. The van der Waals surface area contributed by atoms with Gasteiger partial charge >= 0.3 is 5.97 Å². The number of aryl methyl sites for hydroxylation is 1. The van der Waals surface area contributed by atoms with Crippen LogP contribution in [-0.2, 0) is 16.1 Å². The van der Waals surface area contributed by atoms with Crippen molar-refractivity contribution < 1.29 is 14.3 Å². The molecule has 1 heterocycles. The monoisotopic (exact) mass is 300 g/mol. The summed E-state index contributed by atoms with van der Waals surface area (Å²) in [6, 6.07) is 7.28. The molecular formula is C17H20N2O3. The minimum atomic E-state index is -0.466. The molecule has 0 atom stereocenters. The van der Waals surface area contributed by atoms with Crippen molar-refractivity contribution in [2.24, 2.45) is 0 Å². The molecule has 0 amide bonds. The first-order valence-electron chi connectivity index (χ1n) is 7.17. The first-order chi connectivity index (χ1) is 10.4. The average molecular weight is 300 g/mol. The van der Waals surface area contributed by atoms with Crippen LogP contribution in [0, 0.1) is 0 Å². The number of hydrogen-bond acceptors (Lipinski definition) is 4. The topological polar surface area (TPSA) is 61.2 Å². The summed E-state index contributed by atoms with van der Waals surface area (Å²) >= 11 is 0. The summed E-state index contributed by atoms with van der Waals surface area (Å²) in [6.45, 7) is 6.01. The van der Waals surface area contributed by atoms with Gasteiger partial charge in [0.05, 0.1) is 19.2 Å². The summed E-state index contributed by atoms with van der Waals surface area (Å²) in [6.07, 6.45) is 4.71. The fraction of sp³-hybridized carbons (Fsp3) is 0.353. The molecule has 2 aromatic rings. The molecule has 22 heavy (non-hydrogen) atoms. The Bertz CT molecular complexity index is 651. The highest BCUT2D eigenvalue weighted by Gasteiger charge is 2.16. The van der Waals surface area contributed by atoms with Crippen LogP contribution < -0.4 is 0 Å². The largest absolute Gasteiger partial charge is 0.460 e. The number of aromatic nitrogens is 2. The van der Waals surface area contributed by atoms with Gasteiger partial charge in [-0.05, 0) is 26.3 Å². The number of rotatable bonds is 5. The Morgan fingerprint density at radius 3 is 2.50 bits per heavy atom. The van der Waals surface area contributed by atoms with Gasteiger partial charge in [0.2, 0.25) is 0 Å². The lowest BCUT2D eigenvalue weighted by atomic mass is 10.1. The number of carbonyl (C=O) groups is 2. The number of benzene rings is 1. The molecule has 0 spiro atoms. The summed E-state index contributed by atoms with van der Waals surface area (Å²) < 4.78 is 6.98. The van der Waals surface area contributed by atoms with Crippen LogP contribution in [0.4, 0.5) is 0 Å². The van der Waals surface area contributed by atoms with Crippen LogP contribution >= 0.6 is 0 Å². The number of aldehydes is 1. The summed E-state index contributed by atoms with van der Waals surface area (Å²) in [5, 5.41) is 4.24. The maximum Gasteiger partial charge on any atom is 0.308 e. The smallest absolute Gasteiger partial charge is 0.308 e. The van der Waals surface area contributed by atoms with Crippen molar-refractivity contribution in [3.8, 4) is 11.1 Å². The Hall–Kier alpha value is -2.43. The molecule has 0 unspecified atom stereocenters. The third-order valence-electron chi connectivity index (χ3n) is 2.98. The van der Waals surface area contributed by atoms with Gasteiger partial charge in [0.15, 0.2) is 0 Å². The number of hydrogen-bond donors (Lipinski definition) is 0. The van der Waals surface area contributed by atoms with Gasteiger partial charge in [-0.2, -0.15) is 5.10 Å². The minimum absolute atomic E-state index is 0.236. The van der Waals surface area contributed by atoms with Crippen molar-refractivity contribution in [1.29, 1.82) is 0 Å². The molecule has 5 heteroatoms. The van der Waals surface area contributed by atoms with Gasteiger partial charge in [0.1, 0.15) is 11.9 Å². The number of esters is 1. The quantitative estimate of drug-likeness (QED) is 0.629. The van der Waals surface area contributed by atoms with Crippen LogP contribution in [0.5, 0.6) is 0 Å². The molecule has 0 N–H and O–H groups in total. The van der Waals surface area contributed by atoms with Crippen LogP contribution in [0.2, 0.25) is 0 Å². The Morgan fingerprint density at radius 2 is 1.91 bits per heavy atom. The molecule has 1 aromatic heterocycles. The molecule has 0 aliphatic rings. The average Bonchev–Trinajstić information content (AvgIpc) is 2.92. The van der Waals surface area contributed by atoms with E-state index >= 15 is 0 Å². The third-order valence-corrected chi connectivity index (χ3v) is 2.98. The predicted octanol–water partition coefficient (Wildman–Crippen LogP) is 3.09. The first-order valence-corrected chi connectivity index (χ1v) is 7.17. The second kappa shape index (κ2) is 6.56. The zero-order valence-corrected chi connectivity index (χ0v) is 13.1. The number of ether oxygens (including phenoxy) is 1. The highest BCUT2D eigenvalue weighted by atomic mass is 16.6. The van der Waals surface area contributed by atoms with E-state index in [1.807, 2.05) is 39.1 Å². The van der Waals surface area contributed by atoms with E-state index in [1.54, 1.807) is 23.0 Å². The molecule has 0 saturated carbocycles. The molecule has 0 radical (unpaired) electrons. The predicted molar refractivity (Wildman–Crippen MR) is 83.5 cm³/mol. The Balaban J connectivity index is 1.96. The van der Waals surface area contributed by atoms with Crippen molar-refractivity contribution in [3.05, 3.63) is 42.2 Å². The molecule has 0 fully saturated rings. The fourth-order valence-electron chi connectivity index (χ4n) is 1.99. The van der Waals surface area contributed by atoms with Gasteiger partial charge in [-0.25, -0.2) is 0 Å². The molecule has 2 rings (SSSR count). The first kappa shape index (κ1) is 15.9. The van der Waals surface area contributed by atoms with Crippen LogP contribution in [0.15, 0.2) is 36.7 Å². The van der Waals surface area contributed by atoms with E-state index in [1.165, 1.54) is 0 Å². The van der Waals surface area contributed by atoms with Crippen molar-refractivity contribution in [2.75, 3.05) is 0 Å². The summed E-state index contributed by atoms with van der Waals surface area (Å²) in [5.74, 6) is -0.236. The SMILES string of the molecule is CC(C)(C)OC(=O)CCn1cc(-c2ccc(C=O)cc2)cn1. The van der Waals surface area contributed by atoms with E-state index in [0.717, 1.165) is 17.4 Å². The lowest BCUT2D eigenvalue weighted by Crippen LogP contribution is -2.24. The summed E-state index contributed by atoms with van der Waals surface area (Å²) in [7, 11) is 0. The molecule has 1 aromatic carbocycles. The van der Waals surface area contributed by atoms with Crippen molar-refractivity contribution in [1.82, 2.24) is 9.78 Å². The normalized spacial score (nSPS) is 11.2. The van der Waals surface area contributed by atoms with Crippen LogP contribution in [0.25, 0.3) is 11.1 Å². The van der Waals surface area contributed by atoms with Crippen LogP contribution in [0.3, 0.4) is 0 Å². The molecule has 0 saturated heterocycles. The van der Waals surface area contributed by atoms with E-state index in [0.29, 0.717) is 12.1 Å². The minimum Gasteiger partial charge on any atom is -0.460 e. The zero-order valence-electron chi connectivity index (χ0n) is 13.1. The zero-order chi connectivity index (χ0) is 16.2. The lowest BCUT2D eigenvalue weighted by Gasteiger charge is -2.19. The second-order valence-corrected chi connectivity index (χ2v) is 6.07. The van der Waals surface area contributed by atoms with E-state index in [2.05, 4.69) is 5.10 Å². The molecule has 0 aliphatic heterocycles. The van der Waals surface area contributed by atoms with Gasteiger partial charge < -0.3 is 4.74 Å². The highest BCUT2D eigenvalue weighted by molar-refractivity contribution is 5.76. The molecule has 0 bridgehead atoms. The Labute approximate surface area is 129 Å². The lowest BCUT2D eigenvalue weighted by molar-refractivity contribution is -0.155. The molecule has 116 valence electrons. The van der Waals surface area contributed by atoms with Crippen molar-refractivity contribution in [3.63, 3.8) is 0 Å². The standard InChI is InChI=1S/C17H20N2O3/c1-17(2,3)22-16(21)8-9-19-11-15(10-18-19)14-6-4-13(12-20)5-7-14/h4-7,10-12H,8-9H2,1-3H3. The maximum absolute atomic E-state index is 11.7.